The Labute approximate surface area is 145 Å². The number of halogens is 2. The van der Waals surface area contributed by atoms with Gasteiger partial charge in [0.05, 0.1) is 12.3 Å². The predicted octanol–water partition coefficient (Wildman–Crippen LogP) is 1.96. The van der Waals surface area contributed by atoms with Crippen LogP contribution in [0.25, 0.3) is 0 Å². The second-order valence-corrected chi connectivity index (χ2v) is 8.23. The Balaban J connectivity index is 1.90. The van der Waals surface area contributed by atoms with Crippen molar-refractivity contribution in [2.75, 3.05) is 19.6 Å². The largest absolute Gasteiger partial charge is 0.480 e. The van der Waals surface area contributed by atoms with Crippen molar-refractivity contribution in [2.24, 2.45) is 0 Å². The molecular weight excluding hydrogens is 363 g/mol. The van der Waals surface area contributed by atoms with E-state index >= 15 is 0 Å². The van der Waals surface area contributed by atoms with Crippen molar-refractivity contribution in [1.82, 2.24) is 9.62 Å². The third kappa shape index (κ3) is 6.27. The molecule has 1 fully saturated rings. The number of hydrogen-bond acceptors (Lipinski definition) is 4. The number of rotatable bonds is 6. The van der Waals surface area contributed by atoms with Gasteiger partial charge in [0.15, 0.2) is 0 Å². The lowest BCUT2D eigenvalue weighted by atomic mass is 10.1. The summed E-state index contributed by atoms with van der Waals surface area (Å²) >= 11 is 11.8. The fourth-order valence-electron chi connectivity index (χ4n) is 2.61. The number of carboxylic acids is 1. The number of nitrogens with zero attached hydrogens (tertiary/aromatic N) is 1. The van der Waals surface area contributed by atoms with Gasteiger partial charge in [-0.25, -0.2) is 13.1 Å². The minimum Gasteiger partial charge on any atom is -0.480 e. The van der Waals surface area contributed by atoms with Crippen LogP contribution in [0.3, 0.4) is 0 Å². The molecule has 1 aromatic carbocycles. The summed E-state index contributed by atoms with van der Waals surface area (Å²) in [5.41, 5.74) is 0.526. The lowest BCUT2D eigenvalue weighted by Gasteiger charge is -2.31. The van der Waals surface area contributed by atoms with Gasteiger partial charge in [-0.2, -0.15) is 0 Å². The van der Waals surface area contributed by atoms with Crippen molar-refractivity contribution in [2.45, 2.75) is 24.6 Å². The summed E-state index contributed by atoms with van der Waals surface area (Å²) in [6.07, 6.45) is 1.17. The highest BCUT2D eigenvalue weighted by molar-refractivity contribution is 7.88. The van der Waals surface area contributed by atoms with Crippen LogP contribution in [0.1, 0.15) is 18.4 Å². The molecule has 1 saturated heterocycles. The van der Waals surface area contributed by atoms with Crippen molar-refractivity contribution < 1.29 is 18.3 Å². The van der Waals surface area contributed by atoms with Gasteiger partial charge in [0, 0.05) is 29.2 Å². The average Bonchev–Trinajstić information content (AvgIpc) is 2.38. The zero-order chi connectivity index (χ0) is 17.0. The van der Waals surface area contributed by atoms with Crippen LogP contribution in [0.5, 0.6) is 0 Å². The zero-order valence-corrected chi connectivity index (χ0v) is 14.7. The van der Waals surface area contributed by atoms with Gasteiger partial charge in [-0.3, -0.25) is 9.69 Å². The number of nitrogens with one attached hydrogen (secondary N) is 1. The SMILES string of the molecule is O=C(O)CN1CCC(NS(=O)(=O)Cc2cc(Cl)cc(Cl)c2)CC1. The van der Waals surface area contributed by atoms with E-state index in [1.807, 2.05) is 0 Å². The molecule has 0 bridgehead atoms. The van der Waals surface area contributed by atoms with E-state index in [0.717, 1.165) is 0 Å². The topological polar surface area (TPSA) is 86.7 Å². The van der Waals surface area contributed by atoms with E-state index in [4.69, 9.17) is 28.3 Å². The lowest BCUT2D eigenvalue weighted by molar-refractivity contribution is -0.138. The van der Waals surface area contributed by atoms with Crippen LogP contribution in [0, 0.1) is 0 Å². The van der Waals surface area contributed by atoms with Crippen molar-refractivity contribution in [3.8, 4) is 0 Å². The molecule has 1 aromatic rings. The normalized spacial score (nSPS) is 17.3. The third-order valence-electron chi connectivity index (χ3n) is 3.57. The Morgan fingerprint density at radius 1 is 1.22 bits per heavy atom. The number of benzene rings is 1. The molecule has 6 nitrogen and oxygen atoms in total. The van der Waals surface area contributed by atoms with E-state index in [1.54, 1.807) is 23.1 Å². The molecule has 1 aliphatic rings. The molecule has 0 radical (unpaired) electrons. The van der Waals surface area contributed by atoms with Crippen molar-refractivity contribution in [3.05, 3.63) is 33.8 Å². The quantitative estimate of drug-likeness (QED) is 0.787. The molecule has 0 saturated carbocycles. The predicted molar refractivity (Wildman–Crippen MR) is 89.3 cm³/mol. The molecule has 0 spiro atoms. The van der Waals surface area contributed by atoms with Crippen molar-refractivity contribution in [3.63, 3.8) is 0 Å². The molecule has 1 heterocycles. The molecule has 128 valence electrons. The molecule has 0 atom stereocenters. The first-order valence-corrected chi connectivity index (χ1v) is 9.53. The minimum absolute atomic E-state index is 0.0134. The minimum atomic E-state index is -3.51. The monoisotopic (exact) mass is 380 g/mol. The Morgan fingerprint density at radius 3 is 2.30 bits per heavy atom. The van der Waals surface area contributed by atoms with Crippen LogP contribution in [-0.4, -0.2) is 50.1 Å². The average molecular weight is 381 g/mol. The first-order valence-electron chi connectivity index (χ1n) is 7.12. The van der Waals surface area contributed by atoms with Gasteiger partial charge in [0.2, 0.25) is 10.0 Å². The van der Waals surface area contributed by atoms with Crippen LogP contribution in [0.2, 0.25) is 10.0 Å². The highest BCUT2D eigenvalue weighted by atomic mass is 35.5. The summed E-state index contributed by atoms with van der Waals surface area (Å²) in [6, 6.07) is 4.51. The van der Waals surface area contributed by atoms with E-state index in [0.29, 0.717) is 41.5 Å². The molecular formula is C14H18Cl2N2O4S. The van der Waals surface area contributed by atoms with Gasteiger partial charge in [-0.05, 0) is 36.6 Å². The Morgan fingerprint density at radius 2 is 1.78 bits per heavy atom. The molecule has 0 aromatic heterocycles. The van der Waals surface area contributed by atoms with Gasteiger partial charge in [-0.15, -0.1) is 0 Å². The highest BCUT2D eigenvalue weighted by Gasteiger charge is 2.24. The maximum Gasteiger partial charge on any atom is 0.317 e. The fourth-order valence-corrected chi connectivity index (χ4v) is 4.61. The smallest absolute Gasteiger partial charge is 0.317 e. The number of carboxylic acid groups (broad SMARTS) is 1. The Hall–Kier alpha value is -0.860. The van der Waals surface area contributed by atoms with Gasteiger partial charge < -0.3 is 5.11 Å². The summed E-state index contributed by atoms with van der Waals surface area (Å²) in [7, 11) is -3.51. The maximum atomic E-state index is 12.2. The first kappa shape index (κ1) is 18.5. The van der Waals surface area contributed by atoms with E-state index in [2.05, 4.69) is 4.72 Å². The highest BCUT2D eigenvalue weighted by Crippen LogP contribution is 2.21. The number of hydrogen-bond donors (Lipinski definition) is 2. The van der Waals surface area contributed by atoms with Gasteiger partial charge >= 0.3 is 5.97 Å². The molecule has 23 heavy (non-hydrogen) atoms. The number of likely N-dealkylation sites (tertiary alicyclic amines) is 1. The van der Waals surface area contributed by atoms with E-state index in [9.17, 15) is 13.2 Å². The van der Waals surface area contributed by atoms with Crippen molar-refractivity contribution >= 4 is 39.2 Å². The fraction of sp³-hybridized carbons (Fsp3) is 0.500. The third-order valence-corrected chi connectivity index (χ3v) is 5.41. The summed E-state index contributed by atoms with van der Waals surface area (Å²) in [6.45, 7) is 1.10. The number of piperidine rings is 1. The molecule has 0 unspecified atom stereocenters. The zero-order valence-electron chi connectivity index (χ0n) is 12.3. The van der Waals surface area contributed by atoms with Crippen LogP contribution in [0.4, 0.5) is 0 Å². The molecule has 1 aliphatic heterocycles. The van der Waals surface area contributed by atoms with Crippen LogP contribution >= 0.6 is 23.2 Å². The molecule has 2 rings (SSSR count). The maximum absolute atomic E-state index is 12.2. The molecule has 9 heteroatoms. The standard InChI is InChI=1S/C14H18Cl2N2O4S/c15-11-5-10(6-12(16)7-11)9-23(21,22)17-13-1-3-18(4-2-13)8-14(19)20/h5-7,13,17H,1-4,8-9H2,(H,19,20). The van der Waals surface area contributed by atoms with E-state index < -0.39 is 16.0 Å². The number of carbonyl (C=O) groups is 1. The second kappa shape index (κ2) is 7.81. The Bertz CT molecular complexity index is 653. The molecule has 0 amide bonds. The van der Waals surface area contributed by atoms with Gasteiger partial charge in [-0.1, -0.05) is 23.2 Å². The summed E-state index contributed by atoms with van der Waals surface area (Å²) in [5, 5.41) is 9.54. The van der Waals surface area contributed by atoms with Gasteiger partial charge in [0.25, 0.3) is 0 Å². The Kier molecular flexibility index (Phi) is 6.27. The van der Waals surface area contributed by atoms with Crippen LogP contribution in [-0.2, 0) is 20.6 Å². The molecule has 0 aliphatic carbocycles. The second-order valence-electron chi connectivity index (χ2n) is 5.60. The number of aliphatic carboxylic acids is 1. The molecule has 2 N–H and O–H groups in total. The van der Waals surface area contributed by atoms with E-state index in [-0.39, 0.29) is 18.3 Å². The summed E-state index contributed by atoms with van der Waals surface area (Å²) < 4.78 is 27.2. The first-order chi connectivity index (χ1) is 10.7. The van der Waals surface area contributed by atoms with Gasteiger partial charge in [0.1, 0.15) is 0 Å². The van der Waals surface area contributed by atoms with Crippen LogP contribution < -0.4 is 4.72 Å². The van der Waals surface area contributed by atoms with E-state index in [1.165, 1.54) is 0 Å². The number of sulfonamides is 1. The summed E-state index contributed by atoms with van der Waals surface area (Å²) in [4.78, 5) is 12.5. The van der Waals surface area contributed by atoms with Crippen molar-refractivity contribution in [1.29, 1.82) is 0 Å². The van der Waals surface area contributed by atoms with Crippen LogP contribution in [0.15, 0.2) is 18.2 Å². The summed E-state index contributed by atoms with van der Waals surface area (Å²) in [5.74, 6) is -1.07. The lowest BCUT2D eigenvalue weighted by Crippen LogP contribution is -2.46.